The van der Waals surface area contributed by atoms with E-state index in [0.717, 1.165) is 12.0 Å². The molecule has 0 aliphatic rings. The highest BCUT2D eigenvalue weighted by Crippen LogP contribution is 2.22. The lowest BCUT2D eigenvalue weighted by Gasteiger charge is -2.22. The lowest BCUT2D eigenvalue weighted by molar-refractivity contribution is -0.134. The van der Waals surface area contributed by atoms with Crippen molar-refractivity contribution in [2.45, 2.75) is 26.2 Å². The summed E-state index contributed by atoms with van der Waals surface area (Å²) in [6.45, 7) is 2.44. The van der Waals surface area contributed by atoms with Crippen LogP contribution in [0.2, 0.25) is 0 Å². The van der Waals surface area contributed by atoms with Crippen LogP contribution in [-0.4, -0.2) is 36.9 Å². The first-order chi connectivity index (χ1) is 13.0. The molecular weight excluding hydrogens is 347 g/mol. The number of aryl methyl sites for hydroxylation is 1. The highest BCUT2D eigenvalue weighted by molar-refractivity contribution is 5.95. The number of para-hydroxylation sites is 2. The van der Waals surface area contributed by atoms with E-state index in [2.05, 4.69) is 5.32 Å². The van der Waals surface area contributed by atoms with Crippen molar-refractivity contribution in [2.24, 2.45) is 0 Å². The van der Waals surface area contributed by atoms with Crippen molar-refractivity contribution in [3.63, 3.8) is 0 Å². The third-order valence-electron chi connectivity index (χ3n) is 4.10. The molecule has 0 bridgehead atoms. The molecule has 27 heavy (non-hydrogen) atoms. The zero-order chi connectivity index (χ0) is 19.6. The number of hydrogen-bond donors (Lipinski definition) is 1. The predicted molar refractivity (Wildman–Crippen MR) is 103 cm³/mol. The van der Waals surface area contributed by atoms with E-state index in [0.29, 0.717) is 24.4 Å². The number of benzene rings is 2. The molecule has 0 saturated carbocycles. The molecule has 0 aliphatic heterocycles. The SMILES string of the molecule is CCCN(CC(=O)Nc1ccccc1OC)C(=O)CCc1ccc(F)cc1. The van der Waals surface area contributed by atoms with Gasteiger partial charge in [0.25, 0.3) is 0 Å². The molecule has 2 aromatic carbocycles. The normalized spacial score (nSPS) is 10.3. The van der Waals surface area contributed by atoms with Gasteiger partial charge < -0.3 is 15.0 Å². The third kappa shape index (κ3) is 6.40. The van der Waals surface area contributed by atoms with Gasteiger partial charge >= 0.3 is 0 Å². The molecule has 0 heterocycles. The molecule has 0 radical (unpaired) electrons. The summed E-state index contributed by atoms with van der Waals surface area (Å²) in [5, 5.41) is 2.79. The maximum absolute atomic E-state index is 13.0. The van der Waals surface area contributed by atoms with Crippen molar-refractivity contribution in [3.05, 3.63) is 59.9 Å². The van der Waals surface area contributed by atoms with Gasteiger partial charge in [0.2, 0.25) is 11.8 Å². The number of halogens is 1. The Morgan fingerprint density at radius 3 is 2.48 bits per heavy atom. The van der Waals surface area contributed by atoms with Crippen LogP contribution in [0.5, 0.6) is 5.75 Å². The van der Waals surface area contributed by atoms with Gasteiger partial charge in [-0.15, -0.1) is 0 Å². The number of nitrogens with one attached hydrogen (secondary N) is 1. The largest absolute Gasteiger partial charge is 0.495 e. The van der Waals surface area contributed by atoms with Crippen molar-refractivity contribution in [3.8, 4) is 5.75 Å². The highest BCUT2D eigenvalue weighted by atomic mass is 19.1. The first-order valence-corrected chi connectivity index (χ1v) is 8.98. The Kier molecular flexibility index (Phi) is 7.79. The molecule has 1 N–H and O–H groups in total. The number of hydrogen-bond acceptors (Lipinski definition) is 3. The summed E-state index contributed by atoms with van der Waals surface area (Å²) in [7, 11) is 1.54. The molecule has 0 unspecified atom stereocenters. The second-order valence-corrected chi connectivity index (χ2v) is 6.19. The number of carbonyl (C=O) groups is 2. The summed E-state index contributed by atoms with van der Waals surface area (Å²) in [6.07, 6.45) is 1.53. The van der Waals surface area contributed by atoms with Crippen LogP contribution in [0.4, 0.5) is 10.1 Å². The molecule has 0 atom stereocenters. The minimum atomic E-state index is -0.300. The fraction of sp³-hybridized carbons (Fsp3) is 0.333. The molecule has 0 fully saturated rings. The number of carbonyl (C=O) groups excluding carboxylic acids is 2. The Morgan fingerprint density at radius 2 is 1.81 bits per heavy atom. The molecule has 0 spiro atoms. The van der Waals surface area contributed by atoms with Crippen molar-refractivity contribution >= 4 is 17.5 Å². The second-order valence-electron chi connectivity index (χ2n) is 6.19. The van der Waals surface area contributed by atoms with Crippen molar-refractivity contribution in [1.82, 2.24) is 4.90 Å². The Hall–Kier alpha value is -2.89. The maximum atomic E-state index is 13.0. The van der Waals surface area contributed by atoms with E-state index in [1.165, 1.54) is 19.2 Å². The van der Waals surface area contributed by atoms with E-state index >= 15 is 0 Å². The lowest BCUT2D eigenvalue weighted by Crippen LogP contribution is -2.38. The number of nitrogens with zero attached hydrogens (tertiary/aromatic N) is 1. The average Bonchev–Trinajstić information content (AvgIpc) is 2.67. The van der Waals surface area contributed by atoms with Crippen molar-refractivity contribution in [1.29, 1.82) is 0 Å². The van der Waals surface area contributed by atoms with Gasteiger partial charge in [-0.3, -0.25) is 9.59 Å². The van der Waals surface area contributed by atoms with E-state index in [1.54, 1.807) is 35.2 Å². The van der Waals surface area contributed by atoms with Gasteiger partial charge in [0.1, 0.15) is 11.6 Å². The van der Waals surface area contributed by atoms with Crippen LogP contribution < -0.4 is 10.1 Å². The van der Waals surface area contributed by atoms with E-state index in [9.17, 15) is 14.0 Å². The molecule has 5 nitrogen and oxygen atoms in total. The minimum absolute atomic E-state index is 0.0197. The molecule has 2 aromatic rings. The fourth-order valence-corrected chi connectivity index (χ4v) is 2.73. The highest BCUT2D eigenvalue weighted by Gasteiger charge is 2.17. The van der Waals surface area contributed by atoms with Crippen LogP contribution in [-0.2, 0) is 16.0 Å². The van der Waals surface area contributed by atoms with Gasteiger partial charge in [-0.1, -0.05) is 31.2 Å². The standard InChI is InChI=1S/C21H25FN2O3/c1-3-14-24(21(26)13-10-16-8-11-17(22)12-9-16)15-20(25)23-18-6-4-5-7-19(18)27-2/h4-9,11-12H,3,10,13-15H2,1-2H3,(H,23,25). The van der Waals surface area contributed by atoms with Crippen LogP contribution in [0.3, 0.4) is 0 Å². The quantitative estimate of drug-likeness (QED) is 0.731. The summed E-state index contributed by atoms with van der Waals surface area (Å²) in [5.41, 5.74) is 1.46. The zero-order valence-corrected chi connectivity index (χ0v) is 15.7. The zero-order valence-electron chi connectivity index (χ0n) is 15.7. The smallest absolute Gasteiger partial charge is 0.244 e. The van der Waals surface area contributed by atoms with E-state index in [4.69, 9.17) is 4.74 Å². The van der Waals surface area contributed by atoms with Gasteiger partial charge in [-0.25, -0.2) is 4.39 Å². The van der Waals surface area contributed by atoms with Gasteiger partial charge in [-0.05, 0) is 42.7 Å². The molecule has 0 aromatic heterocycles. The first-order valence-electron chi connectivity index (χ1n) is 8.98. The molecule has 2 rings (SSSR count). The van der Waals surface area contributed by atoms with E-state index in [1.807, 2.05) is 13.0 Å². The number of amides is 2. The summed E-state index contributed by atoms with van der Waals surface area (Å²) in [5.74, 6) is -0.111. The Morgan fingerprint density at radius 1 is 1.11 bits per heavy atom. The van der Waals surface area contributed by atoms with Crippen LogP contribution in [0, 0.1) is 5.82 Å². The van der Waals surface area contributed by atoms with Crippen LogP contribution in [0.15, 0.2) is 48.5 Å². The first kappa shape index (κ1) is 20.4. The van der Waals surface area contributed by atoms with Crippen molar-refractivity contribution < 1.29 is 18.7 Å². The van der Waals surface area contributed by atoms with Gasteiger partial charge in [0.15, 0.2) is 0 Å². The Bertz CT molecular complexity index is 762. The van der Waals surface area contributed by atoms with E-state index < -0.39 is 0 Å². The topological polar surface area (TPSA) is 58.6 Å². The number of ether oxygens (including phenoxy) is 1. The van der Waals surface area contributed by atoms with Crippen LogP contribution in [0.1, 0.15) is 25.3 Å². The monoisotopic (exact) mass is 372 g/mol. The maximum Gasteiger partial charge on any atom is 0.244 e. The molecule has 0 saturated heterocycles. The predicted octanol–water partition coefficient (Wildman–Crippen LogP) is 3.64. The molecule has 144 valence electrons. The number of anilines is 1. The van der Waals surface area contributed by atoms with Gasteiger partial charge in [0, 0.05) is 13.0 Å². The summed E-state index contributed by atoms with van der Waals surface area (Å²) in [4.78, 5) is 26.5. The number of rotatable bonds is 9. The van der Waals surface area contributed by atoms with Gasteiger partial charge in [-0.2, -0.15) is 0 Å². The summed E-state index contributed by atoms with van der Waals surface area (Å²) in [6, 6.07) is 13.2. The Labute approximate surface area is 159 Å². The van der Waals surface area contributed by atoms with Crippen molar-refractivity contribution in [2.75, 3.05) is 25.5 Å². The van der Waals surface area contributed by atoms with Crippen LogP contribution >= 0.6 is 0 Å². The van der Waals surface area contributed by atoms with Gasteiger partial charge in [0.05, 0.1) is 19.3 Å². The molecule has 2 amide bonds. The molecule has 0 aliphatic carbocycles. The lowest BCUT2D eigenvalue weighted by atomic mass is 10.1. The van der Waals surface area contributed by atoms with Crippen LogP contribution in [0.25, 0.3) is 0 Å². The fourth-order valence-electron chi connectivity index (χ4n) is 2.73. The summed E-state index contributed by atoms with van der Waals surface area (Å²) >= 11 is 0. The second kappa shape index (κ2) is 10.3. The third-order valence-corrected chi connectivity index (χ3v) is 4.10. The number of methoxy groups -OCH3 is 1. The average molecular weight is 372 g/mol. The summed E-state index contributed by atoms with van der Waals surface area (Å²) < 4.78 is 18.2. The molecular formula is C21H25FN2O3. The van der Waals surface area contributed by atoms with E-state index in [-0.39, 0.29) is 30.6 Å². The Balaban J connectivity index is 1.93. The minimum Gasteiger partial charge on any atom is -0.495 e. The molecule has 6 heteroatoms.